The minimum atomic E-state index is -0.155. The normalized spacial score (nSPS) is 11.3. The van der Waals surface area contributed by atoms with Gasteiger partial charge in [-0.15, -0.1) is 0 Å². The molecule has 3 aromatic rings. The van der Waals surface area contributed by atoms with Gasteiger partial charge in [-0.3, -0.25) is 14.4 Å². The van der Waals surface area contributed by atoms with Gasteiger partial charge in [-0.2, -0.15) is 5.10 Å². The summed E-state index contributed by atoms with van der Waals surface area (Å²) in [5, 5.41) is 4.59. The number of H-pyrrole nitrogens is 1. The minimum absolute atomic E-state index is 0.155. The van der Waals surface area contributed by atoms with Crippen LogP contribution in [0.5, 0.6) is 5.75 Å². The molecule has 0 saturated heterocycles. The van der Waals surface area contributed by atoms with Gasteiger partial charge < -0.3 is 9.72 Å². The van der Waals surface area contributed by atoms with Crippen molar-refractivity contribution in [1.29, 1.82) is 0 Å². The molecule has 1 aromatic carbocycles. The van der Waals surface area contributed by atoms with Crippen LogP contribution in [-0.2, 0) is 20.1 Å². The predicted molar refractivity (Wildman–Crippen MR) is 91.9 cm³/mol. The molecule has 0 aliphatic heterocycles. The lowest BCUT2D eigenvalue weighted by molar-refractivity contribution is 0.310. The molecule has 0 aliphatic carbocycles. The first-order valence-corrected chi connectivity index (χ1v) is 7.88. The van der Waals surface area contributed by atoms with E-state index >= 15 is 0 Å². The fourth-order valence-corrected chi connectivity index (χ4v) is 2.63. The molecular weight excluding hydrogens is 306 g/mol. The van der Waals surface area contributed by atoms with Crippen molar-refractivity contribution >= 4 is 11.0 Å². The standard InChI is InChI=1S/C17H21N5O2/c1-4-24-13-7-5-12(6-8-13)10-21(2)11-15-19-16-14(17(23)20-15)9-18-22(16)3/h5-9H,4,10-11H2,1-3H3,(H,19,20,23). The number of aromatic amines is 1. The Morgan fingerprint density at radius 1 is 1.25 bits per heavy atom. The van der Waals surface area contributed by atoms with E-state index < -0.39 is 0 Å². The lowest BCUT2D eigenvalue weighted by atomic mass is 10.2. The lowest BCUT2D eigenvalue weighted by Crippen LogP contribution is -2.22. The summed E-state index contributed by atoms with van der Waals surface area (Å²) in [5.41, 5.74) is 1.62. The second-order valence-corrected chi connectivity index (χ2v) is 5.77. The molecule has 7 heteroatoms. The summed E-state index contributed by atoms with van der Waals surface area (Å²) < 4.78 is 7.06. The molecule has 0 bridgehead atoms. The van der Waals surface area contributed by atoms with E-state index in [2.05, 4.69) is 20.0 Å². The molecule has 0 amide bonds. The van der Waals surface area contributed by atoms with Crippen LogP contribution in [0.4, 0.5) is 0 Å². The van der Waals surface area contributed by atoms with Gasteiger partial charge in [0.15, 0.2) is 5.65 Å². The summed E-state index contributed by atoms with van der Waals surface area (Å²) >= 11 is 0. The average Bonchev–Trinajstić information content (AvgIpc) is 2.91. The van der Waals surface area contributed by atoms with E-state index in [1.807, 2.05) is 38.2 Å². The largest absolute Gasteiger partial charge is 0.494 e. The number of ether oxygens (including phenoxy) is 1. The Hall–Kier alpha value is -2.67. The second-order valence-electron chi connectivity index (χ2n) is 5.77. The fourth-order valence-electron chi connectivity index (χ4n) is 2.63. The number of benzene rings is 1. The van der Waals surface area contributed by atoms with Crippen LogP contribution in [0.25, 0.3) is 11.0 Å². The van der Waals surface area contributed by atoms with Crippen LogP contribution in [-0.4, -0.2) is 38.3 Å². The first-order chi connectivity index (χ1) is 11.6. The Morgan fingerprint density at radius 2 is 2.00 bits per heavy atom. The Labute approximate surface area is 139 Å². The second kappa shape index (κ2) is 6.84. The third-order valence-corrected chi connectivity index (χ3v) is 3.76. The van der Waals surface area contributed by atoms with Gasteiger partial charge in [-0.05, 0) is 31.7 Å². The van der Waals surface area contributed by atoms with Gasteiger partial charge in [0.05, 0.1) is 19.3 Å². The van der Waals surface area contributed by atoms with Crippen LogP contribution in [0.2, 0.25) is 0 Å². The van der Waals surface area contributed by atoms with Crippen molar-refractivity contribution in [3.8, 4) is 5.75 Å². The maximum absolute atomic E-state index is 12.1. The zero-order valence-electron chi connectivity index (χ0n) is 14.1. The van der Waals surface area contributed by atoms with E-state index in [0.29, 0.717) is 30.0 Å². The number of nitrogens with one attached hydrogen (secondary N) is 1. The molecule has 0 unspecified atom stereocenters. The van der Waals surface area contributed by atoms with Gasteiger partial charge in [0.1, 0.15) is 17.0 Å². The molecule has 0 atom stereocenters. The quantitative estimate of drug-likeness (QED) is 0.745. The van der Waals surface area contributed by atoms with Gasteiger partial charge in [-0.1, -0.05) is 12.1 Å². The summed E-state index contributed by atoms with van der Waals surface area (Å²) in [5.74, 6) is 1.50. The Balaban J connectivity index is 1.71. The first kappa shape index (κ1) is 16.2. The van der Waals surface area contributed by atoms with Crippen LogP contribution in [0.3, 0.4) is 0 Å². The van der Waals surface area contributed by atoms with Crippen LogP contribution in [0, 0.1) is 0 Å². The van der Waals surface area contributed by atoms with E-state index in [1.165, 1.54) is 11.8 Å². The van der Waals surface area contributed by atoms with Gasteiger partial charge in [0.2, 0.25) is 0 Å². The van der Waals surface area contributed by atoms with Crippen molar-refractivity contribution in [3.05, 3.63) is 52.2 Å². The third-order valence-electron chi connectivity index (χ3n) is 3.76. The number of aromatic nitrogens is 4. The molecule has 2 heterocycles. The van der Waals surface area contributed by atoms with E-state index in [1.54, 1.807) is 11.7 Å². The number of rotatable bonds is 6. The summed E-state index contributed by atoms with van der Waals surface area (Å²) in [7, 11) is 3.77. The van der Waals surface area contributed by atoms with E-state index in [0.717, 1.165) is 12.3 Å². The van der Waals surface area contributed by atoms with Crippen LogP contribution < -0.4 is 10.3 Å². The van der Waals surface area contributed by atoms with Crippen molar-refractivity contribution < 1.29 is 4.74 Å². The highest BCUT2D eigenvalue weighted by Gasteiger charge is 2.10. The number of nitrogens with zero attached hydrogens (tertiary/aromatic N) is 4. The summed E-state index contributed by atoms with van der Waals surface area (Å²) in [6.45, 7) is 3.92. The van der Waals surface area contributed by atoms with Crippen molar-refractivity contribution in [2.45, 2.75) is 20.0 Å². The first-order valence-electron chi connectivity index (χ1n) is 7.88. The zero-order valence-corrected chi connectivity index (χ0v) is 14.1. The average molecular weight is 327 g/mol. The molecule has 2 aromatic heterocycles. The van der Waals surface area contributed by atoms with E-state index in [-0.39, 0.29) is 5.56 Å². The van der Waals surface area contributed by atoms with Crippen LogP contribution in [0.15, 0.2) is 35.3 Å². The Bertz CT molecular complexity index is 882. The number of hydrogen-bond acceptors (Lipinski definition) is 5. The SMILES string of the molecule is CCOc1ccc(CN(C)Cc2nc3c(cnn3C)c(=O)[nH]2)cc1. The maximum Gasteiger partial charge on any atom is 0.262 e. The summed E-state index contributed by atoms with van der Waals surface area (Å²) in [4.78, 5) is 21.5. The number of hydrogen-bond donors (Lipinski definition) is 1. The molecule has 0 spiro atoms. The molecule has 0 aliphatic rings. The lowest BCUT2D eigenvalue weighted by Gasteiger charge is -2.16. The molecule has 1 N–H and O–H groups in total. The summed E-state index contributed by atoms with van der Waals surface area (Å²) in [6.07, 6.45) is 1.54. The summed E-state index contributed by atoms with van der Waals surface area (Å²) in [6, 6.07) is 8.02. The van der Waals surface area contributed by atoms with Gasteiger partial charge in [-0.25, -0.2) is 4.98 Å². The van der Waals surface area contributed by atoms with Crippen LogP contribution >= 0.6 is 0 Å². The highest BCUT2D eigenvalue weighted by atomic mass is 16.5. The molecular formula is C17H21N5O2. The van der Waals surface area contributed by atoms with Gasteiger partial charge >= 0.3 is 0 Å². The Morgan fingerprint density at radius 3 is 2.71 bits per heavy atom. The van der Waals surface area contributed by atoms with E-state index in [9.17, 15) is 4.79 Å². The molecule has 7 nitrogen and oxygen atoms in total. The Kier molecular flexibility index (Phi) is 4.61. The van der Waals surface area contributed by atoms with Gasteiger partial charge in [0, 0.05) is 13.6 Å². The molecule has 0 saturated carbocycles. The molecule has 0 radical (unpaired) electrons. The smallest absolute Gasteiger partial charge is 0.262 e. The van der Waals surface area contributed by atoms with Crippen LogP contribution in [0.1, 0.15) is 18.3 Å². The number of fused-ring (bicyclic) bond motifs is 1. The van der Waals surface area contributed by atoms with Crippen molar-refractivity contribution in [3.63, 3.8) is 0 Å². The maximum atomic E-state index is 12.1. The minimum Gasteiger partial charge on any atom is -0.494 e. The molecule has 126 valence electrons. The molecule has 0 fully saturated rings. The highest BCUT2D eigenvalue weighted by molar-refractivity contribution is 5.72. The monoisotopic (exact) mass is 327 g/mol. The highest BCUT2D eigenvalue weighted by Crippen LogP contribution is 2.14. The van der Waals surface area contributed by atoms with E-state index in [4.69, 9.17) is 4.74 Å². The molecule has 3 rings (SSSR count). The predicted octanol–water partition coefficient (Wildman–Crippen LogP) is 1.69. The van der Waals surface area contributed by atoms with Crippen molar-refractivity contribution in [2.75, 3.05) is 13.7 Å². The van der Waals surface area contributed by atoms with Crippen molar-refractivity contribution in [1.82, 2.24) is 24.6 Å². The topological polar surface area (TPSA) is 76.0 Å². The van der Waals surface area contributed by atoms with Crippen molar-refractivity contribution in [2.24, 2.45) is 7.05 Å². The number of aryl methyl sites for hydroxylation is 1. The van der Waals surface area contributed by atoms with Gasteiger partial charge in [0.25, 0.3) is 5.56 Å². The molecule has 24 heavy (non-hydrogen) atoms. The zero-order chi connectivity index (χ0) is 17.1. The third kappa shape index (κ3) is 3.46. The fraction of sp³-hybridized carbons (Fsp3) is 0.353.